The summed E-state index contributed by atoms with van der Waals surface area (Å²) < 4.78 is 2.12. The van der Waals surface area contributed by atoms with Crippen LogP contribution in [0.5, 0.6) is 0 Å². The minimum Gasteiger partial charge on any atom is -0.271 e. The fourth-order valence-corrected chi connectivity index (χ4v) is 3.18. The lowest BCUT2D eigenvalue weighted by Crippen LogP contribution is -2.30. The first-order valence-electron chi connectivity index (χ1n) is 6.48. The third-order valence-electron chi connectivity index (χ3n) is 3.46. The second kappa shape index (κ2) is 6.85. The van der Waals surface area contributed by atoms with Gasteiger partial charge in [-0.05, 0) is 55.2 Å². The highest BCUT2D eigenvalue weighted by atomic mass is 79.9. The molecule has 106 valence electrons. The van der Waals surface area contributed by atoms with Crippen LogP contribution >= 0.6 is 31.9 Å². The number of aryl methyl sites for hydroxylation is 2. The van der Waals surface area contributed by atoms with E-state index in [9.17, 15) is 0 Å². The maximum absolute atomic E-state index is 5.77. The van der Waals surface area contributed by atoms with Gasteiger partial charge >= 0.3 is 0 Å². The van der Waals surface area contributed by atoms with Gasteiger partial charge in [0.15, 0.2) is 0 Å². The van der Waals surface area contributed by atoms with E-state index in [4.69, 9.17) is 5.84 Å². The van der Waals surface area contributed by atoms with Crippen molar-refractivity contribution in [3.63, 3.8) is 0 Å². The second-order valence-corrected chi connectivity index (χ2v) is 6.79. The van der Waals surface area contributed by atoms with Crippen molar-refractivity contribution < 1.29 is 0 Å². The summed E-state index contributed by atoms with van der Waals surface area (Å²) in [4.78, 5) is 0. The average molecular weight is 398 g/mol. The zero-order chi connectivity index (χ0) is 14.7. The first-order chi connectivity index (χ1) is 9.51. The molecule has 0 aromatic heterocycles. The number of hydrogen-bond acceptors (Lipinski definition) is 2. The first-order valence-corrected chi connectivity index (χ1v) is 8.07. The van der Waals surface area contributed by atoms with E-state index in [0.29, 0.717) is 0 Å². The molecule has 2 aromatic rings. The van der Waals surface area contributed by atoms with E-state index in [1.807, 2.05) is 12.1 Å². The maximum atomic E-state index is 5.77. The Morgan fingerprint density at radius 3 is 2.55 bits per heavy atom. The van der Waals surface area contributed by atoms with Gasteiger partial charge in [-0.15, -0.1) is 0 Å². The SMILES string of the molecule is Cc1ccc(C)c(CC(NN)c2cc(Br)ccc2Br)c1. The molecule has 3 N–H and O–H groups in total. The van der Waals surface area contributed by atoms with Crippen LogP contribution in [0.3, 0.4) is 0 Å². The van der Waals surface area contributed by atoms with Crippen LogP contribution in [0.4, 0.5) is 0 Å². The van der Waals surface area contributed by atoms with Crippen molar-refractivity contribution in [1.29, 1.82) is 0 Å². The molecule has 1 unspecified atom stereocenters. The molecular formula is C16H18Br2N2. The molecule has 1 atom stereocenters. The lowest BCUT2D eigenvalue weighted by Gasteiger charge is -2.20. The molecule has 0 aliphatic carbocycles. The molecule has 20 heavy (non-hydrogen) atoms. The lowest BCUT2D eigenvalue weighted by atomic mass is 9.95. The van der Waals surface area contributed by atoms with Gasteiger partial charge in [0, 0.05) is 8.95 Å². The van der Waals surface area contributed by atoms with Crippen LogP contribution in [-0.4, -0.2) is 0 Å². The van der Waals surface area contributed by atoms with Crippen LogP contribution in [0.25, 0.3) is 0 Å². The smallest absolute Gasteiger partial charge is 0.0511 e. The molecule has 0 fully saturated rings. The topological polar surface area (TPSA) is 38.0 Å². The molecule has 0 aliphatic rings. The number of hydrogen-bond donors (Lipinski definition) is 2. The van der Waals surface area contributed by atoms with Gasteiger partial charge in [0.1, 0.15) is 0 Å². The van der Waals surface area contributed by atoms with Gasteiger partial charge in [-0.25, -0.2) is 0 Å². The van der Waals surface area contributed by atoms with Crippen molar-refractivity contribution in [1.82, 2.24) is 5.43 Å². The summed E-state index contributed by atoms with van der Waals surface area (Å²) >= 11 is 7.12. The minimum atomic E-state index is 0.0716. The van der Waals surface area contributed by atoms with Gasteiger partial charge in [-0.3, -0.25) is 11.3 Å². The van der Waals surface area contributed by atoms with E-state index in [2.05, 4.69) is 75.4 Å². The highest BCUT2D eigenvalue weighted by Crippen LogP contribution is 2.29. The van der Waals surface area contributed by atoms with Crippen molar-refractivity contribution >= 4 is 31.9 Å². The molecule has 2 nitrogen and oxygen atoms in total. The van der Waals surface area contributed by atoms with E-state index in [1.54, 1.807) is 0 Å². The molecule has 2 aromatic carbocycles. The van der Waals surface area contributed by atoms with Crippen molar-refractivity contribution in [2.45, 2.75) is 26.3 Å². The second-order valence-electron chi connectivity index (χ2n) is 5.02. The Labute approximate surface area is 137 Å². The Morgan fingerprint density at radius 1 is 1.10 bits per heavy atom. The molecule has 0 radical (unpaired) electrons. The fourth-order valence-electron chi connectivity index (χ4n) is 2.28. The number of hydrazine groups is 1. The van der Waals surface area contributed by atoms with E-state index in [1.165, 1.54) is 16.7 Å². The summed E-state index contributed by atoms with van der Waals surface area (Å²) in [5.41, 5.74) is 7.97. The van der Waals surface area contributed by atoms with E-state index >= 15 is 0 Å². The normalized spacial score (nSPS) is 12.4. The van der Waals surface area contributed by atoms with Crippen LogP contribution in [0.2, 0.25) is 0 Å². The molecule has 0 saturated heterocycles. The Morgan fingerprint density at radius 2 is 1.85 bits per heavy atom. The molecule has 0 spiro atoms. The van der Waals surface area contributed by atoms with Crippen LogP contribution in [0, 0.1) is 13.8 Å². The highest BCUT2D eigenvalue weighted by molar-refractivity contribution is 9.11. The number of nitrogens with one attached hydrogen (secondary N) is 1. The summed E-state index contributed by atoms with van der Waals surface area (Å²) in [7, 11) is 0. The minimum absolute atomic E-state index is 0.0716. The Kier molecular flexibility index (Phi) is 5.38. The van der Waals surface area contributed by atoms with Gasteiger partial charge in [-0.1, -0.05) is 55.6 Å². The third kappa shape index (κ3) is 3.70. The summed E-state index contributed by atoms with van der Waals surface area (Å²) in [6.45, 7) is 4.25. The molecule has 0 saturated carbocycles. The quantitative estimate of drug-likeness (QED) is 0.585. The van der Waals surface area contributed by atoms with Crippen LogP contribution < -0.4 is 11.3 Å². The molecule has 2 rings (SSSR count). The maximum Gasteiger partial charge on any atom is 0.0511 e. The number of rotatable bonds is 4. The van der Waals surface area contributed by atoms with Crippen molar-refractivity contribution in [2.24, 2.45) is 5.84 Å². The molecule has 0 bridgehead atoms. The van der Waals surface area contributed by atoms with E-state index in [-0.39, 0.29) is 6.04 Å². The van der Waals surface area contributed by atoms with Crippen molar-refractivity contribution in [2.75, 3.05) is 0 Å². The molecule has 0 amide bonds. The predicted molar refractivity (Wildman–Crippen MR) is 91.5 cm³/mol. The van der Waals surface area contributed by atoms with Gasteiger partial charge in [0.05, 0.1) is 6.04 Å². The van der Waals surface area contributed by atoms with Gasteiger partial charge in [0.25, 0.3) is 0 Å². The van der Waals surface area contributed by atoms with E-state index in [0.717, 1.165) is 20.9 Å². The average Bonchev–Trinajstić information content (AvgIpc) is 2.42. The Bertz CT molecular complexity index is 611. The van der Waals surface area contributed by atoms with Gasteiger partial charge < -0.3 is 0 Å². The molecule has 4 heteroatoms. The molecular weight excluding hydrogens is 380 g/mol. The molecule has 0 heterocycles. The number of benzene rings is 2. The summed E-state index contributed by atoms with van der Waals surface area (Å²) in [6, 6.07) is 12.7. The Hall–Kier alpha value is -0.680. The van der Waals surface area contributed by atoms with Crippen LogP contribution in [0.15, 0.2) is 45.3 Å². The number of nitrogens with two attached hydrogens (primary N) is 1. The zero-order valence-electron chi connectivity index (χ0n) is 11.6. The highest BCUT2D eigenvalue weighted by Gasteiger charge is 2.15. The summed E-state index contributed by atoms with van der Waals surface area (Å²) in [5.74, 6) is 5.77. The number of halogens is 2. The monoisotopic (exact) mass is 396 g/mol. The summed E-state index contributed by atoms with van der Waals surface area (Å²) in [6.07, 6.45) is 0.860. The lowest BCUT2D eigenvalue weighted by molar-refractivity contribution is 0.548. The zero-order valence-corrected chi connectivity index (χ0v) is 14.8. The van der Waals surface area contributed by atoms with E-state index < -0.39 is 0 Å². The largest absolute Gasteiger partial charge is 0.271 e. The van der Waals surface area contributed by atoms with Gasteiger partial charge in [0.2, 0.25) is 0 Å². The standard InChI is InChI=1S/C16H18Br2N2/c1-10-3-4-11(2)12(7-10)8-16(20-19)14-9-13(17)5-6-15(14)18/h3-7,9,16,20H,8,19H2,1-2H3. The third-order valence-corrected chi connectivity index (χ3v) is 4.68. The van der Waals surface area contributed by atoms with Crippen LogP contribution in [0.1, 0.15) is 28.3 Å². The van der Waals surface area contributed by atoms with Crippen molar-refractivity contribution in [3.8, 4) is 0 Å². The summed E-state index contributed by atoms with van der Waals surface area (Å²) in [5, 5.41) is 0. The Balaban J connectivity index is 2.33. The molecule has 0 aliphatic heterocycles. The predicted octanol–water partition coefficient (Wildman–Crippen LogP) is 4.58. The van der Waals surface area contributed by atoms with Gasteiger partial charge in [-0.2, -0.15) is 0 Å². The fraction of sp³-hybridized carbons (Fsp3) is 0.250. The van der Waals surface area contributed by atoms with Crippen molar-refractivity contribution in [3.05, 3.63) is 67.6 Å². The first kappa shape index (κ1) is 15.7. The van der Waals surface area contributed by atoms with Crippen LogP contribution in [-0.2, 0) is 6.42 Å².